The van der Waals surface area contributed by atoms with Gasteiger partial charge in [-0.2, -0.15) is 4.98 Å². The lowest BCUT2D eigenvalue weighted by Crippen LogP contribution is -2.33. The molecule has 21 heavy (non-hydrogen) atoms. The molecule has 1 saturated heterocycles. The zero-order valence-electron chi connectivity index (χ0n) is 11.9. The van der Waals surface area contributed by atoms with E-state index in [9.17, 15) is 4.79 Å². The third-order valence-electron chi connectivity index (χ3n) is 3.59. The fourth-order valence-electron chi connectivity index (χ4n) is 2.33. The average molecular weight is 303 g/mol. The molecule has 1 aromatic carbocycles. The Bertz CT molecular complexity index is 614. The summed E-state index contributed by atoms with van der Waals surface area (Å²) in [5.74, 6) is 1.56. The largest absolute Gasteiger partial charge is 0.338 e. The van der Waals surface area contributed by atoms with Gasteiger partial charge in [-0.3, -0.25) is 9.69 Å². The van der Waals surface area contributed by atoms with E-state index in [0.717, 1.165) is 18.7 Å². The first-order chi connectivity index (χ1) is 10.2. The van der Waals surface area contributed by atoms with Crippen LogP contribution in [-0.2, 0) is 11.3 Å². The summed E-state index contributed by atoms with van der Waals surface area (Å²) in [5, 5.41) is 4.04. The van der Waals surface area contributed by atoms with Crippen LogP contribution < -0.4 is 0 Å². The number of carbonyl (C=O) groups excluding carboxylic acids is 1. The molecule has 0 N–H and O–H groups in total. The summed E-state index contributed by atoms with van der Waals surface area (Å²) in [6.45, 7) is 2.17. The Kier molecular flexibility index (Phi) is 4.36. The second-order valence-corrected chi connectivity index (χ2v) is 5.93. The molecular formula is C15H17N3O2S. The molecule has 0 aliphatic carbocycles. The van der Waals surface area contributed by atoms with E-state index >= 15 is 0 Å². The molecule has 0 unspecified atom stereocenters. The van der Waals surface area contributed by atoms with Crippen molar-refractivity contribution in [3.05, 3.63) is 30.2 Å². The van der Waals surface area contributed by atoms with Crippen LogP contribution in [0.4, 0.5) is 0 Å². The van der Waals surface area contributed by atoms with E-state index in [1.54, 1.807) is 11.8 Å². The first kappa shape index (κ1) is 14.3. The van der Waals surface area contributed by atoms with Gasteiger partial charge < -0.3 is 4.52 Å². The molecule has 2 aromatic rings. The third-order valence-corrected chi connectivity index (χ3v) is 4.33. The zero-order chi connectivity index (χ0) is 14.7. The summed E-state index contributed by atoms with van der Waals surface area (Å²) in [4.78, 5) is 19.0. The van der Waals surface area contributed by atoms with Crippen molar-refractivity contribution in [1.29, 1.82) is 0 Å². The second-order valence-electron chi connectivity index (χ2n) is 5.06. The smallest absolute Gasteiger partial charge is 0.241 e. The molecule has 2 heterocycles. The Hall–Kier alpha value is -1.66. The third kappa shape index (κ3) is 3.51. The molecule has 0 bridgehead atoms. The van der Waals surface area contributed by atoms with E-state index < -0.39 is 0 Å². The van der Waals surface area contributed by atoms with E-state index in [1.165, 1.54) is 4.90 Å². The Morgan fingerprint density at radius 1 is 1.24 bits per heavy atom. The Labute approximate surface area is 127 Å². The summed E-state index contributed by atoms with van der Waals surface area (Å²) in [5.41, 5.74) is 0.955. The number of thioether (sulfide) groups is 1. The fraction of sp³-hybridized carbons (Fsp3) is 0.400. The molecule has 1 aromatic heterocycles. The average Bonchev–Trinajstić information content (AvgIpc) is 2.98. The summed E-state index contributed by atoms with van der Waals surface area (Å²) in [7, 11) is 0. The maximum atomic E-state index is 11.2. The minimum Gasteiger partial charge on any atom is -0.338 e. The Morgan fingerprint density at radius 3 is 2.62 bits per heavy atom. The molecule has 0 amide bonds. The van der Waals surface area contributed by atoms with E-state index in [4.69, 9.17) is 4.52 Å². The van der Waals surface area contributed by atoms with Gasteiger partial charge in [0.25, 0.3) is 0 Å². The highest BCUT2D eigenvalue weighted by Crippen LogP contribution is 2.21. The van der Waals surface area contributed by atoms with Crippen molar-refractivity contribution in [3.8, 4) is 11.4 Å². The van der Waals surface area contributed by atoms with Gasteiger partial charge in [0.1, 0.15) is 5.78 Å². The second kappa shape index (κ2) is 6.41. The van der Waals surface area contributed by atoms with Crippen molar-refractivity contribution in [2.75, 3.05) is 19.3 Å². The summed E-state index contributed by atoms with van der Waals surface area (Å²) in [6.07, 6.45) is 3.29. The number of Topliss-reactive ketones (excluding diaryl/α,β-unsaturated/α-hetero) is 1. The van der Waals surface area contributed by atoms with Gasteiger partial charge in [0, 0.05) is 36.4 Å². The number of rotatable bonds is 4. The van der Waals surface area contributed by atoms with Crippen molar-refractivity contribution in [2.24, 2.45) is 0 Å². The molecule has 0 radical (unpaired) electrons. The van der Waals surface area contributed by atoms with Crippen molar-refractivity contribution < 1.29 is 9.32 Å². The zero-order valence-corrected chi connectivity index (χ0v) is 12.7. The van der Waals surface area contributed by atoms with Gasteiger partial charge in [-0.15, -0.1) is 11.8 Å². The summed E-state index contributed by atoms with van der Waals surface area (Å²) >= 11 is 1.70. The number of nitrogens with zero attached hydrogens (tertiary/aromatic N) is 3. The fourth-order valence-corrected chi connectivity index (χ4v) is 2.74. The van der Waals surface area contributed by atoms with Crippen molar-refractivity contribution in [3.63, 3.8) is 0 Å². The van der Waals surface area contributed by atoms with Gasteiger partial charge in [-0.05, 0) is 30.5 Å². The van der Waals surface area contributed by atoms with E-state index in [-0.39, 0.29) is 0 Å². The molecular weight excluding hydrogens is 286 g/mol. The van der Waals surface area contributed by atoms with Crippen LogP contribution in [0.25, 0.3) is 11.4 Å². The van der Waals surface area contributed by atoms with E-state index in [2.05, 4.69) is 15.0 Å². The van der Waals surface area contributed by atoms with Crippen LogP contribution >= 0.6 is 11.8 Å². The lowest BCUT2D eigenvalue weighted by molar-refractivity contribution is -0.121. The lowest BCUT2D eigenvalue weighted by Gasteiger charge is -2.23. The van der Waals surface area contributed by atoms with Crippen LogP contribution in [-0.4, -0.2) is 40.2 Å². The van der Waals surface area contributed by atoms with Crippen LogP contribution in [0.1, 0.15) is 18.7 Å². The van der Waals surface area contributed by atoms with Gasteiger partial charge in [0.15, 0.2) is 0 Å². The highest BCUT2D eigenvalue weighted by atomic mass is 32.2. The minimum absolute atomic E-state index is 0.339. The Morgan fingerprint density at radius 2 is 1.95 bits per heavy atom. The predicted molar refractivity (Wildman–Crippen MR) is 81.0 cm³/mol. The van der Waals surface area contributed by atoms with Crippen LogP contribution in [0.5, 0.6) is 0 Å². The number of ketones is 1. The molecule has 3 rings (SSSR count). The van der Waals surface area contributed by atoms with Crippen LogP contribution in [0.3, 0.4) is 0 Å². The number of benzene rings is 1. The van der Waals surface area contributed by atoms with E-state index in [1.807, 2.05) is 30.5 Å². The molecule has 1 aliphatic heterocycles. The first-order valence-corrected chi connectivity index (χ1v) is 8.18. The number of carbonyl (C=O) groups is 1. The van der Waals surface area contributed by atoms with E-state index in [0.29, 0.717) is 36.9 Å². The molecule has 110 valence electrons. The van der Waals surface area contributed by atoms with Gasteiger partial charge in [-0.25, -0.2) is 0 Å². The molecule has 0 saturated carbocycles. The van der Waals surface area contributed by atoms with Gasteiger partial charge >= 0.3 is 0 Å². The van der Waals surface area contributed by atoms with Gasteiger partial charge in [0.05, 0.1) is 6.54 Å². The number of hydrogen-bond acceptors (Lipinski definition) is 6. The monoisotopic (exact) mass is 303 g/mol. The normalized spacial score (nSPS) is 16.3. The molecule has 6 heteroatoms. The number of aromatic nitrogens is 2. The van der Waals surface area contributed by atoms with Crippen LogP contribution in [0, 0.1) is 0 Å². The lowest BCUT2D eigenvalue weighted by atomic mass is 10.1. The number of likely N-dealkylation sites (tertiary alicyclic amines) is 1. The molecule has 0 spiro atoms. The molecule has 1 aliphatic rings. The highest BCUT2D eigenvalue weighted by molar-refractivity contribution is 7.98. The topological polar surface area (TPSA) is 59.2 Å². The van der Waals surface area contributed by atoms with Crippen molar-refractivity contribution in [2.45, 2.75) is 24.3 Å². The van der Waals surface area contributed by atoms with Gasteiger partial charge in [0.2, 0.25) is 11.7 Å². The number of piperidine rings is 1. The highest BCUT2D eigenvalue weighted by Gasteiger charge is 2.18. The van der Waals surface area contributed by atoms with Crippen molar-refractivity contribution in [1.82, 2.24) is 15.0 Å². The quantitative estimate of drug-likeness (QED) is 0.809. The Balaban J connectivity index is 1.66. The first-order valence-electron chi connectivity index (χ1n) is 6.95. The molecule has 5 nitrogen and oxygen atoms in total. The standard InChI is InChI=1S/C15H17N3O2S/c1-21-13-4-2-11(3-5-13)15-16-14(20-17-15)10-18-8-6-12(19)7-9-18/h2-5H,6-10H2,1H3. The SMILES string of the molecule is CSc1ccc(-c2noc(CN3CCC(=O)CC3)n2)cc1. The van der Waals surface area contributed by atoms with Gasteiger partial charge in [-0.1, -0.05) is 5.16 Å². The summed E-state index contributed by atoms with van der Waals surface area (Å²) in [6, 6.07) is 8.10. The van der Waals surface area contributed by atoms with Crippen LogP contribution in [0.15, 0.2) is 33.7 Å². The minimum atomic E-state index is 0.339. The summed E-state index contributed by atoms with van der Waals surface area (Å²) < 4.78 is 5.31. The maximum absolute atomic E-state index is 11.2. The maximum Gasteiger partial charge on any atom is 0.241 e. The van der Waals surface area contributed by atoms with Crippen LogP contribution in [0.2, 0.25) is 0 Å². The molecule has 1 fully saturated rings. The predicted octanol–water partition coefficient (Wildman–Crippen LogP) is 2.62. The van der Waals surface area contributed by atoms with Crippen molar-refractivity contribution >= 4 is 17.5 Å². The molecule has 0 atom stereocenters. The number of hydrogen-bond donors (Lipinski definition) is 0.